The number of nitrogens with two attached hydrogens (primary N) is 2. The van der Waals surface area contributed by atoms with E-state index < -0.39 is 17.8 Å². The molecule has 4 N–H and O–H groups in total. The van der Waals surface area contributed by atoms with Crippen LogP contribution in [0.25, 0.3) is 0 Å². The molecule has 0 saturated carbocycles. The topological polar surface area (TPSA) is 95.4 Å². The highest BCUT2D eigenvalue weighted by Crippen LogP contribution is 2.17. The number of rotatable bonds is 5. The van der Waals surface area contributed by atoms with E-state index in [1.54, 1.807) is 0 Å². The number of primary amides is 1. The fourth-order valence-electron chi connectivity index (χ4n) is 0.969. The van der Waals surface area contributed by atoms with Crippen molar-refractivity contribution in [1.82, 2.24) is 0 Å². The molecule has 1 rings (SSSR count). The molecular formula is C10H11FN2O3. The lowest BCUT2D eigenvalue weighted by atomic mass is 10.2. The van der Waals surface area contributed by atoms with Crippen molar-refractivity contribution >= 4 is 12.2 Å². The van der Waals surface area contributed by atoms with Gasteiger partial charge in [-0.15, -0.1) is 0 Å². The molecule has 0 aliphatic carbocycles. The van der Waals surface area contributed by atoms with Gasteiger partial charge in [-0.2, -0.15) is 0 Å². The highest BCUT2D eigenvalue weighted by atomic mass is 19.1. The molecule has 0 fully saturated rings. The van der Waals surface area contributed by atoms with E-state index >= 15 is 0 Å². The van der Waals surface area contributed by atoms with Gasteiger partial charge in [0.2, 0.25) is 5.91 Å². The van der Waals surface area contributed by atoms with E-state index in [-0.39, 0.29) is 17.9 Å². The Hall–Kier alpha value is -1.95. The van der Waals surface area contributed by atoms with Crippen LogP contribution in [0.15, 0.2) is 18.2 Å². The van der Waals surface area contributed by atoms with Gasteiger partial charge < -0.3 is 16.2 Å². The number of ether oxygens (including phenoxy) is 1. The molecular weight excluding hydrogens is 215 g/mol. The molecule has 1 aromatic rings. The van der Waals surface area contributed by atoms with Crippen molar-refractivity contribution in [3.05, 3.63) is 29.6 Å². The number of hydrogen-bond acceptors (Lipinski definition) is 4. The summed E-state index contributed by atoms with van der Waals surface area (Å²) in [7, 11) is 0. The monoisotopic (exact) mass is 226 g/mol. The second kappa shape index (κ2) is 5.22. The maximum absolute atomic E-state index is 13.2. The highest BCUT2D eigenvalue weighted by Gasteiger charge is 2.11. The van der Waals surface area contributed by atoms with Gasteiger partial charge >= 0.3 is 0 Å². The first-order valence-corrected chi connectivity index (χ1v) is 4.47. The van der Waals surface area contributed by atoms with E-state index in [9.17, 15) is 14.0 Å². The molecule has 0 spiro atoms. The quantitative estimate of drug-likeness (QED) is 0.681. The molecule has 0 radical (unpaired) electrons. The molecule has 0 heterocycles. The Morgan fingerprint density at radius 2 is 2.25 bits per heavy atom. The van der Waals surface area contributed by atoms with Crippen LogP contribution in [0.3, 0.4) is 0 Å². The zero-order valence-corrected chi connectivity index (χ0v) is 8.35. The van der Waals surface area contributed by atoms with Crippen LogP contribution in [0.4, 0.5) is 4.39 Å². The van der Waals surface area contributed by atoms with E-state index in [1.807, 2.05) is 0 Å². The Bertz CT molecular complexity index is 409. The summed E-state index contributed by atoms with van der Waals surface area (Å²) in [5.41, 5.74) is 10.4. The van der Waals surface area contributed by atoms with Crippen LogP contribution in [0.2, 0.25) is 0 Å². The minimum Gasteiger partial charge on any atom is -0.488 e. The van der Waals surface area contributed by atoms with Gasteiger partial charge in [-0.05, 0) is 18.2 Å². The van der Waals surface area contributed by atoms with Crippen molar-refractivity contribution in [3.63, 3.8) is 0 Å². The summed E-state index contributed by atoms with van der Waals surface area (Å²) in [4.78, 5) is 20.9. The molecule has 0 bridgehead atoms. The van der Waals surface area contributed by atoms with Gasteiger partial charge in [0.05, 0.1) is 0 Å². The predicted molar refractivity (Wildman–Crippen MR) is 54.5 cm³/mol. The lowest BCUT2D eigenvalue weighted by molar-refractivity contribution is -0.119. The number of hydrogen-bond donors (Lipinski definition) is 2. The maximum Gasteiger partial charge on any atom is 0.237 e. The number of amides is 1. The van der Waals surface area contributed by atoms with Crippen molar-refractivity contribution in [2.45, 2.75) is 6.04 Å². The van der Waals surface area contributed by atoms with Crippen LogP contribution in [0.5, 0.6) is 5.75 Å². The molecule has 0 aliphatic heterocycles. The first-order chi connectivity index (χ1) is 7.54. The van der Waals surface area contributed by atoms with Crippen molar-refractivity contribution in [1.29, 1.82) is 0 Å². The van der Waals surface area contributed by atoms with E-state index in [2.05, 4.69) is 0 Å². The van der Waals surface area contributed by atoms with Gasteiger partial charge in [0.15, 0.2) is 11.6 Å². The third-order valence-corrected chi connectivity index (χ3v) is 1.88. The molecule has 0 saturated heterocycles. The van der Waals surface area contributed by atoms with Gasteiger partial charge in [0, 0.05) is 5.56 Å². The summed E-state index contributed by atoms with van der Waals surface area (Å²) in [5, 5.41) is 0. The largest absolute Gasteiger partial charge is 0.488 e. The van der Waals surface area contributed by atoms with E-state index in [4.69, 9.17) is 16.2 Å². The highest BCUT2D eigenvalue weighted by molar-refractivity contribution is 5.79. The Morgan fingerprint density at radius 1 is 1.56 bits per heavy atom. The Labute approximate surface area is 91.2 Å². The number of carbonyl (C=O) groups excluding carboxylic acids is 2. The van der Waals surface area contributed by atoms with Crippen molar-refractivity contribution in [2.24, 2.45) is 11.5 Å². The normalized spacial score (nSPS) is 11.9. The molecule has 1 unspecified atom stereocenters. The first-order valence-electron chi connectivity index (χ1n) is 4.47. The zero-order valence-electron chi connectivity index (χ0n) is 8.35. The first kappa shape index (κ1) is 12.1. The average Bonchev–Trinajstić information content (AvgIpc) is 2.26. The Kier molecular flexibility index (Phi) is 3.96. The molecule has 1 aromatic carbocycles. The van der Waals surface area contributed by atoms with Crippen LogP contribution in [-0.2, 0) is 4.79 Å². The Morgan fingerprint density at radius 3 is 2.75 bits per heavy atom. The van der Waals surface area contributed by atoms with Gasteiger partial charge in [0.1, 0.15) is 18.9 Å². The standard InChI is InChI=1S/C10H11FN2O3/c11-7-3-6(4-14)1-2-9(7)16-5-8(12)10(13)15/h1-4,8H,5,12H2,(H2,13,15). The van der Waals surface area contributed by atoms with Crippen molar-refractivity contribution < 1.29 is 18.7 Å². The molecule has 86 valence electrons. The van der Waals surface area contributed by atoms with Gasteiger partial charge in [-0.1, -0.05) is 0 Å². The third kappa shape index (κ3) is 3.03. The minimum absolute atomic E-state index is 0.0812. The summed E-state index contributed by atoms with van der Waals surface area (Å²) in [6.07, 6.45) is 0.516. The number of halogens is 1. The molecule has 1 amide bonds. The molecule has 0 aromatic heterocycles. The number of benzene rings is 1. The predicted octanol–water partition coefficient (Wildman–Crippen LogP) is -0.170. The SMILES string of the molecule is NC(=O)C(N)COc1ccc(C=O)cc1F. The smallest absolute Gasteiger partial charge is 0.237 e. The van der Waals surface area contributed by atoms with Crippen molar-refractivity contribution in [3.8, 4) is 5.75 Å². The minimum atomic E-state index is -0.995. The molecule has 16 heavy (non-hydrogen) atoms. The maximum atomic E-state index is 13.2. The second-order valence-electron chi connectivity index (χ2n) is 3.13. The summed E-state index contributed by atoms with van der Waals surface area (Å²) >= 11 is 0. The molecule has 0 aliphatic rings. The molecule has 6 heteroatoms. The Balaban J connectivity index is 2.68. The van der Waals surface area contributed by atoms with E-state index in [1.165, 1.54) is 12.1 Å². The van der Waals surface area contributed by atoms with Crippen LogP contribution < -0.4 is 16.2 Å². The van der Waals surface area contributed by atoms with Gasteiger partial charge in [-0.25, -0.2) is 4.39 Å². The van der Waals surface area contributed by atoms with Crippen LogP contribution >= 0.6 is 0 Å². The fourth-order valence-corrected chi connectivity index (χ4v) is 0.969. The zero-order chi connectivity index (χ0) is 12.1. The van der Waals surface area contributed by atoms with Gasteiger partial charge in [-0.3, -0.25) is 9.59 Å². The third-order valence-electron chi connectivity index (χ3n) is 1.88. The fraction of sp³-hybridized carbons (Fsp3) is 0.200. The summed E-state index contributed by atoms with van der Waals surface area (Å²) in [6, 6.07) is 2.71. The number of carbonyl (C=O) groups is 2. The lowest BCUT2D eigenvalue weighted by Crippen LogP contribution is -2.41. The molecule has 5 nitrogen and oxygen atoms in total. The summed E-state index contributed by atoms with van der Waals surface area (Å²) < 4.78 is 18.2. The van der Waals surface area contributed by atoms with E-state index in [0.29, 0.717) is 6.29 Å². The summed E-state index contributed by atoms with van der Waals surface area (Å²) in [5.74, 6) is -1.51. The molecule has 1 atom stereocenters. The van der Waals surface area contributed by atoms with Gasteiger partial charge in [0.25, 0.3) is 0 Å². The lowest BCUT2D eigenvalue weighted by Gasteiger charge is -2.10. The van der Waals surface area contributed by atoms with Crippen LogP contribution in [-0.4, -0.2) is 24.8 Å². The van der Waals surface area contributed by atoms with Crippen LogP contribution in [0, 0.1) is 5.82 Å². The average molecular weight is 226 g/mol. The number of aldehydes is 1. The van der Waals surface area contributed by atoms with Crippen LogP contribution in [0.1, 0.15) is 10.4 Å². The van der Waals surface area contributed by atoms with E-state index in [0.717, 1.165) is 6.07 Å². The van der Waals surface area contributed by atoms with Crippen molar-refractivity contribution in [2.75, 3.05) is 6.61 Å². The summed E-state index contributed by atoms with van der Waals surface area (Å²) in [6.45, 7) is -0.216. The second-order valence-corrected chi connectivity index (χ2v) is 3.13.